The van der Waals surface area contributed by atoms with Gasteiger partial charge in [0.05, 0.1) is 11.3 Å². The zero-order valence-corrected chi connectivity index (χ0v) is 19.4. The summed E-state index contributed by atoms with van der Waals surface area (Å²) in [6, 6.07) is 6.42. The number of amides is 2. The van der Waals surface area contributed by atoms with Crippen molar-refractivity contribution < 1.29 is 9.59 Å². The molecule has 1 aromatic rings. The Morgan fingerprint density at radius 2 is 1.90 bits per heavy atom. The monoisotopic (exact) mass is 412 g/mol. The number of likely N-dealkylation sites (N-methyl/N-ethyl adjacent to an activating group) is 3. The molecule has 0 N–H and O–H groups in total. The Morgan fingerprint density at radius 3 is 2.50 bits per heavy atom. The van der Waals surface area contributed by atoms with Crippen molar-refractivity contribution in [3.05, 3.63) is 41.6 Å². The molecule has 0 spiro atoms. The highest BCUT2D eigenvalue weighted by molar-refractivity contribution is 6.09. The standard InChI is InChI=1S/C24H36N4O2/c1-17-8-10-19(27(17)7)15-25(5)12-13-28-21-11-9-18(24(2,3)4)14-20(21)23(30)26(6)16-22(28)29/h9,11,14,19H,1,8,10,12-13,15-16H2,2-7H3/t19-/m1/s1. The minimum absolute atomic E-state index is 0.0344. The van der Waals surface area contributed by atoms with Crippen molar-refractivity contribution in [2.24, 2.45) is 0 Å². The van der Waals surface area contributed by atoms with Gasteiger partial charge in [-0.1, -0.05) is 33.4 Å². The minimum Gasteiger partial charge on any atom is -0.374 e. The molecule has 1 fully saturated rings. The predicted octanol–water partition coefficient (Wildman–Crippen LogP) is 2.94. The zero-order valence-electron chi connectivity index (χ0n) is 19.4. The lowest BCUT2D eigenvalue weighted by molar-refractivity contribution is -0.119. The van der Waals surface area contributed by atoms with Crippen molar-refractivity contribution in [2.45, 2.75) is 45.1 Å². The number of nitrogens with zero attached hydrogens (tertiary/aromatic N) is 4. The SMILES string of the molecule is C=C1CC[C@H](CN(C)CCN2C(=O)CN(C)C(=O)c3cc(C(C)(C)C)ccc32)N1C. The first-order valence-electron chi connectivity index (χ1n) is 10.8. The van der Waals surface area contributed by atoms with Crippen LogP contribution < -0.4 is 4.90 Å². The summed E-state index contributed by atoms with van der Waals surface area (Å²) in [5.41, 5.74) is 3.57. The molecule has 1 atom stereocenters. The van der Waals surface area contributed by atoms with Crippen molar-refractivity contribution in [3.8, 4) is 0 Å². The topological polar surface area (TPSA) is 47.1 Å². The normalized spacial score (nSPS) is 20.3. The quantitative estimate of drug-likeness (QED) is 0.746. The number of rotatable bonds is 5. The third-order valence-electron chi connectivity index (χ3n) is 6.44. The molecule has 0 radical (unpaired) electrons. The van der Waals surface area contributed by atoms with E-state index in [0.717, 1.165) is 37.2 Å². The molecule has 2 amide bonds. The summed E-state index contributed by atoms with van der Waals surface area (Å²) < 4.78 is 0. The van der Waals surface area contributed by atoms with E-state index in [1.807, 2.05) is 18.2 Å². The minimum atomic E-state index is -0.0913. The third kappa shape index (κ3) is 4.53. The summed E-state index contributed by atoms with van der Waals surface area (Å²) in [6.07, 6.45) is 2.18. The first kappa shape index (κ1) is 22.3. The summed E-state index contributed by atoms with van der Waals surface area (Å²) in [5, 5.41) is 0. The predicted molar refractivity (Wildman–Crippen MR) is 122 cm³/mol. The van der Waals surface area contributed by atoms with Crippen LogP contribution >= 0.6 is 0 Å². The summed E-state index contributed by atoms with van der Waals surface area (Å²) >= 11 is 0. The number of carbonyl (C=O) groups excluding carboxylic acids is 2. The van der Waals surface area contributed by atoms with E-state index in [-0.39, 0.29) is 23.8 Å². The second-order valence-electron chi connectivity index (χ2n) is 9.82. The van der Waals surface area contributed by atoms with E-state index in [0.29, 0.717) is 18.2 Å². The number of fused-ring (bicyclic) bond motifs is 1. The molecule has 6 heteroatoms. The van der Waals surface area contributed by atoms with E-state index < -0.39 is 0 Å². The molecule has 0 saturated carbocycles. The van der Waals surface area contributed by atoms with Crippen molar-refractivity contribution in [1.82, 2.24) is 14.7 Å². The molecule has 164 valence electrons. The largest absolute Gasteiger partial charge is 0.374 e. The lowest BCUT2D eigenvalue weighted by atomic mass is 9.85. The Balaban J connectivity index is 1.79. The van der Waals surface area contributed by atoms with Crippen molar-refractivity contribution in [1.29, 1.82) is 0 Å². The number of benzene rings is 1. The van der Waals surface area contributed by atoms with E-state index in [1.165, 1.54) is 10.6 Å². The van der Waals surface area contributed by atoms with Crippen LogP contribution in [0.5, 0.6) is 0 Å². The van der Waals surface area contributed by atoms with Gasteiger partial charge in [-0.2, -0.15) is 0 Å². The average molecular weight is 413 g/mol. The molecule has 6 nitrogen and oxygen atoms in total. The Hall–Kier alpha value is -2.34. The lowest BCUT2D eigenvalue weighted by Crippen LogP contribution is -2.43. The van der Waals surface area contributed by atoms with Gasteiger partial charge in [0.1, 0.15) is 6.54 Å². The number of allylic oxidation sites excluding steroid dienone is 1. The van der Waals surface area contributed by atoms with Gasteiger partial charge < -0.3 is 19.6 Å². The molecular formula is C24H36N4O2. The third-order valence-corrected chi connectivity index (χ3v) is 6.44. The summed E-state index contributed by atoms with van der Waals surface area (Å²) in [5.74, 6) is -0.126. The van der Waals surface area contributed by atoms with Crippen LogP contribution in [0.1, 0.15) is 49.5 Å². The zero-order chi connectivity index (χ0) is 22.2. The fraction of sp³-hybridized carbons (Fsp3) is 0.583. The van der Waals surface area contributed by atoms with Gasteiger partial charge in [-0.25, -0.2) is 0 Å². The second-order valence-corrected chi connectivity index (χ2v) is 9.82. The molecule has 3 rings (SSSR count). The van der Waals surface area contributed by atoms with Crippen molar-refractivity contribution in [2.75, 3.05) is 52.2 Å². The van der Waals surface area contributed by atoms with Gasteiger partial charge >= 0.3 is 0 Å². The maximum atomic E-state index is 13.0. The first-order valence-corrected chi connectivity index (χ1v) is 10.8. The lowest BCUT2D eigenvalue weighted by Gasteiger charge is -2.30. The Kier molecular flexibility index (Phi) is 6.27. The molecule has 2 heterocycles. The van der Waals surface area contributed by atoms with E-state index in [2.05, 4.69) is 51.2 Å². The number of likely N-dealkylation sites (tertiary alicyclic amines) is 1. The highest BCUT2D eigenvalue weighted by Crippen LogP contribution is 2.31. The summed E-state index contributed by atoms with van der Waals surface area (Å²) in [4.78, 5) is 33.8. The number of anilines is 1. The average Bonchev–Trinajstić information content (AvgIpc) is 2.94. The van der Waals surface area contributed by atoms with Crippen LogP contribution in [-0.2, 0) is 10.2 Å². The van der Waals surface area contributed by atoms with Crippen LogP contribution in [0.25, 0.3) is 0 Å². The Morgan fingerprint density at radius 1 is 1.20 bits per heavy atom. The van der Waals surface area contributed by atoms with Crippen LogP contribution in [0.4, 0.5) is 5.69 Å². The molecule has 0 bridgehead atoms. The first-order chi connectivity index (χ1) is 14.0. The van der Waals surface area contributed by atoms with Gasteiger partial charge in [-0.3, -0.25) is 9.59 Å². The maximum absolute atomic E-state index is 13.0. The molecule has 0 aliphatic carbocycles. The highest BCUT2D eigenvalue weighted by atomic mass is 16.2. The molecule has 0 aromatic heterocycles. The smallest absolute Gasteiger partial charge is 0.256 e. The van der Waals surface area contributed by atoms with E-state index in [1.54, 1.807) is 11.9 Å². The number of carbonyl (C=O) groups is 2. The maximum Gasteiger partial charge on any atom is 0.256 e. The fourth-order valence-electron chi connectivity index (χ4n) is 4.25. The van der Waals surface area contributed by atoms with Gasteiger partial charge in [0.2, 0.25) is 5.91 Å². The molecule has 30 heavy (non-hydrogen) atoms. The Bertz CT molecular complexity index is 842. The van der Waals surface area contributed by atoms with Crippen molar-refractivity contribution >= 4 is 17.5 Å². The van der Waals surface area contributed by atoms with E-state index in [9.17, 15) is 9.59 Å². The highest BCUT2D eigenvalue weighted by Gasteiger charge is 2.31. The van der Waals surface area contributed by atoms with Crippen LogP contribution in [0.2, 0.25) is 0 Å². The van der Waals surface area contributed by atoms with Crippen LogP contribution in [0.3, 0.4) is 0 Å². The molecular weight excluding hydrogens is 376 g/mol. The molecule has 2 aliphatic rings. The van der Waals surface area contributed by atoms with Gasteiger partial charge in [0.25, 0.3) is 5.91 Å². The van der Waals surface area contributed by atoms with Crippen LogP contribution in [0.15, 0.2) is 30.5 Å². The van der Waals surface area contributed by atoms with Gasteiger partial charge in [0, 0.05) is 45.5 Å². The molecule has 1 saturated heterocycles. The van der Waals surface area contributed by atoms with Gasteiger partial charge in [0.15, 0.2) is 0 Å². The second kappa shape index (κ2) is 8.42. The number of hydrogen-bond acceptors (Lipinski definition) is 4. The fourth-order valence-corrected chi connectivity index (χ4v) is 4.25. The van der Waals surface area contributed by atoms with Crippen molar-refractivity contribution in [3.63, 3.8) is 0 Å². The van der Waals surface area contributed by atoms with Crippen LogP contribution in [-0.4, -0.2) is 79.9 Å². The Labute approximate surface area is 181 Å². The summed E-state index contributed by atoms with van der Waals surface area (Å²) in [7, 11) is 5.90. The summed E-state index contributed by atoms with van der Waals surface area (Å²) in [6.45, 7) is 12.9. The van der Waals surface area contributed by atoms with E-state index in [4.69, 9.17) is 0 Å². The van der Waals surface area contributed by atoms with Crippen LogP contribution in [0, 0.1) is 0 Å². The molecule has 0 unspecified atom stereocenters. The van der Waals surface area contributed by atoms with Gasteiger partial charge in [-0.15, -0.1) is 0 Å². The van der Waals surface area contributed by atoms with Gasteiger partial charge in [-0.05, 0) is 43.0 Å². The molecule has 2 aliphatic heterocycles. The molecule has 1 aromatic carbocycles. The van der Waals surface area contributed by atoms with E-state index >= 15 is 0 Å². The number of hydrogen-bond donors (Lipinski definition) is 0.